The molecule has 1 aliphatic rings. The molecule has 0 unspecified atom stereocenters. The highest BCUT2D eigenvalue weighted by Gasteiger charge is 2.25. The van der Waals surface area contributed by atoms with E-state index >= 15 is 0 Å². The Kier molecular flexibility index (Phi) is 6.03. The van der Waals surface area contributed by atoms with Gasteiger partial charge in [-0.2, -0.15) is 0 Å². The number of nitrogens with zero attached hydrogens (tertiary/aromatic N) is 1. The van der Waals surface area contributed by atoms with E-state index in [1.807, 2.05) is 30.3 Å². The van der Waals surface area contributed by atoms with Crippen LogP contribution in [0.15, 0.2) is 48.5 Å². The summed E-state index contributed by atoms with van der Waals surface area (Å²) in [4.78, 5) is 12.8. The molecule has 0 aliphatic heterocycles. The predicted molar refractivity (Wildman–Crippen MR) is 118 cm³/mol. The zero-order valence-electron chi connectivity index (χ0n) is 17.6. The third-order valence-electron chi connectivity index (χ3n) is 5.41. The molecule has 156 valence electrons. The average Bonchev–Trinajstić information content (AvgIpc) is 2.65. The molecule has 2 aromatic carbocycles. The second-order valence-electron chi connectivity index (χ2n) is 8.78. The highest BCUT2D eigenvalue weighted by Crippen LogP contribution is 2.30. The Morgan fingerprint density at radius 3 is 2.38 bits per heavy atom. The van der Waals surface area contributed by atoms with E-state index < -0.39 is 10.0 Å². The van der Waals surface area contributed by atoms with Gasteiger partial charge in [0, 0.05) is 0 Å². The molecule has 3 rings (SSSR count). The van der Waals surface area contributed by atoms with Crippen molar-refractivity contribution < 1.29 is 13.2 Å². The molecule has 1 N–H and O–H groups in total. The first-order chi connectivity index (χ1) is 13.6. The number of hydrogen-bond acceptors (Lipinski definition) is 3. The zero-order chi connectivity index (χ0) is 21.2. The highest BCUT2D eigenvalue weighted by atomic mass is 32.2. The molecule has 0 radical (unpaired) electrons. The summed E-state index contributed by atoms with van der Waals surface area (Å²) in [5.74, 6) is -0.294. The smallest absolute Gasteiger partial charge is 0.241 e. The predicted octanol–water partition coefficient (Wildman–Crippen LogP) is 3.94. The van der Waals surface area contributed by atoms with Crippen molar-refractivity contribution in [2.24, 2.45) is 0 Å². The molecule has 0 heterocycles. The Morgan fingerprint density at radius 1 is 1.10 bits per heavy atom. The molecule has 0 saturated carbocycles. The summed E-state index contributed by atoms with van der Waals surface area (Å²) in [5, 5.41) is 3.04. The molecule has 29 heavy (non-hydrogen) atoms. The summed E-state index contributed by atoms with van der Waals surface area (Å²) in [6, 6.07) is 15.4. The number of carbonyl (C=O) groups is 1. The van der Waals surface area contributed by atoms with Gasteiger partial charge in [0.05, 0.1) is 18.0 Å². The Hall–Kier alpha value is -2.34. The molecule has 0 bridgehead atoms. The monoisotopic (exact) mass is 414 g/mol. The summed E-state index contributed by atoms with van der Waals surface area (Å²) < 4.78 is 25.9. The molecule has 0 saturated heterocycles. The quantitative estimate of drug-likeness (QED) is 0.806. The van der Waals surface area contributed by atoms with Gasteiger partial charge in [0.2, 0.25) is 15.9 Å². The van der Waals surface area contributed by atoms with Crippen molar-refractivity contribution in [3.05, 3.63) is 65.2 Å². The van der Waals surface area contributed by atoms with Gasteiger partial charge in [-0.15, -0.1) is 0 Å². The standard InChI is InChI=1S/C23H30N2O3S/c1-23(2,3)18-12-14-19(15-13-18)25(29(4,27)28)16-22(26)24-21-11-7-9-17-8-5-6-10-20(17)21/h5-6,8,10,12-15,21H,7,9,11,16H2,1-4H3,(H,24,26)/t21-/m1/s1. The zero-order valence-corrected chi connectivity index (χ0v) is 18.4. The van der Waals surface area contributed by atoms with Crippen LogP contribution >= 0.6 is 0 Å². The summed E-state index contributed by atoms with van der Waals surface area (Å²) >= 11 is 0. The molecule has 1 aliphatic carbocycles. The van der Waals surface area contributed by atoms with Gasteiger partial charge in [0.1, 0.15) is 6.54 Å². The molecule has 1 atom stereocenters. The molecular weight excluding hydrogens is 384 g/mol. The van der Waals surface area contributed by atoms with E-state index in [-0.39, 0.29) is 23.9 Å². The maximum Gasteiger partial charge on any atom is 0.241 e. The number of nitrogens with one attached hydrogen (secondary N) is 1. The molecule has 2 aromatic rings. The largest absolute Gasteiger partial charge is 0.348 e. The van der Waals surface area contributed by atoms with Crippen LogP contribution in [-0.4, -0.2) is 27.1 Å². The number of aryl methyl sites for hydroxylation is 1. The lowest BCUT2D eigenvalue weighted by atomic mass is 9.87. The number of carbonyl (C=O) groups excluding carboxylic acids is 1. The molecule has 0 fully saturated rings. The van der Waals surface area contributed by atoms with Crippen molar-refractivity contribution in [2.45, 2.75) is 51.5 Å². The fourth-order valence-corrected chi connectivity index (χ4v) is 4.66. The molecular formula is C23H30N2O3S. The van der Waals surface area contributed by atoms with Crippen LogP contribution in [0.1, 0.15) is 56.3 Å². The molecule has 6 heteroatoms. The van der Waals surface area contributed by atoms with Crippen LogP contribution < -0.4 is 9.62 Å². The second-order valence-corrected chi connectivity index (χ2v) is 10.7. The van der Waals surface area contributed by atoms with Crippen LogP contribution in [0.4, 0.5) is 5.69 Å². The third-order valence-corrected chi connectivity index (χ3v) is 6.55. The number of amides is 1. The topological polar surface area (TPSA) is 66.5 Å². The summed E-state index contributed by atoms with van der Waals surface area (Å²) in [5.41, 5.74) is 3.96. The number of fused-ring (bicyclic) bond motifs is 1. The highest BCUT2D eigenvalue weighted by molar-refractivity contribution is 7.92. The summed E-state index contributed by atoms with van der Waals surface area (Å²) in [7, 11) is -3.59. The molecule has 0 spiro atoms. The van der Waals surface area contributed by atoms with Crippen molar-refractivity contribution in [1.29, 1.82) is 0 Å². The van der Waals surface area contributed by atoms with Crippen molar-refractivity contribution in [1.82, 2.24) is 5.32 Å². The van der Waals surface area contributed by atoms with Gasteiger partial charge < -0.3 is 5.32 Å². The number of sulfonamides is 1. The van der Waals surface area contributed by atoms with Crippen LogP contribution in [0, 0.1) is 0 Å². The molecule has 0 aromatic heterocycles. The van der Waals surface area contributed by atoms with E-state index in [4.69, 9.17) is 0 Å². The number of rotatable bonds is 5. The van der Waals surface area contributed by atoms with Gasteiger partial charge in [-0.1, -0.05) is 57.2 Å². The number of anilines is 1. The van der Waals surface area contributed by atoms with Gasteiger partial charge in [0.25, 0.3) is 0 Å². The van der Waals surface area contributed by atoms with Crippen molar-refractivity contribution >= 4 is 21.6 Å². The third kappa shape index (κ3) is 5.18. The van der Waals surface area contributed by atoms with Gasteiger partial charge in [-0.05, 0) is 53.5 Å². The Balaban J connectivity index is 1.77. The maximum absolute atomic E-state index is 12.8. The van der Waals surface area contributed by atoms with Crippen molar-refractivity contribution in [2.75, 3.05) is 17.1 Å². The minimum absolute atomic E-state index is 0.0276. The van der Waals surface area contributed by atoms with E-state index in [9.17, 15) is 13.2 Å². The van der Waals surface area contributed by atoms with Crippen LogP contribution in [-0.2, 0) is 26.7 Å². The summed E-state index contributed by atoms with van der Waals surface area (Å²) in [6.07, 6.45) is 4.01. The fraction of sp³-hybridized carbons (Fsp3) is 0.435. The Morgan fingerprint density at radius 2 is 1.76 bits per heavy atom. The lowest BCUT2D eigenvalue weighted by Crippen LogP contribution is -2.42. The Bertz CT molecular complexity index is 976. The van der Waals surface area contributed by atoms with E-state index in [1.54, 1.807) is 12.1 Å². The first-order valence-corrected chi connectivity index (χ1v) is 11.9. The van der Waals surface area contributed by atoms with Crippen LogP contribution in [0.2, 0.25) is 0 Å². The van der Waals surface area contributed by atoms with Gasteiger partial charge in [-0.25, -0.2) is 8.42 Å². The lowest BCUT2D eigenvalue weighted by molar-refractivity contribution is -0.120. The summed E-state index contributed by atoms with van der Waals surface area (Å²) in [6.45, 7) is 6.08. The Labute approximate surface area is 174 Å². The van der Waals surface area contributed by atoms with E-state index in [1.165, 1.54) is 9.87 Å². The average molecular weight is 415 g/mol. The van der Waals surface area contributed by atoms with Crippen molar-refractivity contribution in [3.8, 4) is 0 Å². The van der Waals surface area contributed by atoms with Crippen molar-refractivity contribution in [3.63, 3.8) is 0 Å². The van der Waals surface area contributed by atoms with E-state index in [0.29, 0.717) is 5.69 Å². The fourth-order valence-electron chi connectivity index (χ4n) is 3.80. The van der Waals surface area contributed by atoms with Gasteiger partial charge in [0.15, 0.2) is 0 Å². The van der Waals surface area contributed by atoms with Crippen LogP contribution in [0.5, 0.6) is 0 Å². The number of hydrogen-bond donors (Lipinski definition) is 1. The van der Waals surface area contributed by atoms with Gasteiger partial charge >= 0.3 is 0 Å². The molecule has 5 nitrogen and oxygen atoms in total. The van der Waals surface area contributed by atoms with Crippen LogP contribution in [0.25, 0.3) is 0 Å². The minimum atomic E-state index is -3.59. The molecule has 1 amide bonds. The van der Waals surface area contributed by atoms with E-state index in [0.717, 1.165) is 36.6 Å². The van der Waals surface area contributed by atoms with E-state index in [2.05, 4.69) is 32.2 Å². The maximum atomic E-state index is 12.8. The first kappa shape index (κ1) is 21.4. The normalized spacial score (nSPS) is 16.8. The van der Waals surface area contributed by atoms with Gasteiger partial charge in [-0.3, -0.25) is 9.10 Å². The SMILES string of the molecule is CC(C)(C)c1ccc(N(CC(=O)N[C@@H]2CCCc3ccccc32)S(C)(=O)=O)cc1. The van der Waals surface area contributed by atoms with Crippen LogP contribution in [0.3, 0.4) is 0 Å². The number of benzene rings is 2. The minimum Gasteiger partial charge on any atom is -0.348 e. The lowest BCUT2D eigenvalue weighted by Gasteiger charge is -2.28. The second kappa shape index (κ2) is 8.19. The first-order valence-electron chi connectivity index (χ1n) is 10.0.